The third kappa shape index (κ3) is 1.23. The molecule has 0 bridgehead atoms. The molecular formula is C9H10OS. The fourth-order valence-electron chi connectivity index (χ4n) is 1.44. The van der Waals surface area contributed by atoms with Crippen LogP contribution in [0.15, 0.2) is 29.2 Å². The van der Waals surface area contributed by atoms with Gasteiger partial charge in [0.1, 0.15) is 0 Å². The molecule has 1 heterocycles. The van der Waals surface area contributed by atoms with Crippen LogP contribution < -0.4 is 0 Å². The van der Waals surface area contributed by atoms with Gasteiger partial charge in [-0.05, 0) is 24.5 Å². The van der Waals surface area contributed by atoms with Crippen LogP contribution in [0.4, 0.5) is 0 Å². The van der Waals surface area contributed by atoms with Gasteiger partial charge in [-0.2, -0.15) is 0 Å². The minimum absolute atomic E-state index is 0.715. The van der Waals surface area contributed by atoms with E-state index < -0.39 is 10.8 Å². The van der Waals surface area contributed by atoms with Crippen LogP contribution in [0.1, 0.15) is 12.0 Å². The lowest BCUT2D eigenvalue weighted by Crippen LogP contribution is -2.09. The molecule has 0 aliphatic carbocycles. The van der Waals surface area contributed by atoms with Crippen molar-refractivity contribution in [1.29, 1.82) is 0 Å². The summed E-state index contributed by atoms with van der Waals surface area (Å²) in [5.74, 6) is 0.844. The molecule has 1 atom stereocenters. The molecule has 11 heavy (non-hydrogen) atoms. The van der Waals surface area contributed by atoms with Gasteiger partial charge in [-0.3, -0.25) is 4.21 Å². The van der Waals surface area contributed by atoms with Gasteiger partial charge in [0.25, 0.3) is 0 Å². The van der Waals surface area contributed by atoms with E-state index in [1.807, 2.05) is 18.2 Å². The molecule has 0 fully saturated rings. The van der Waals surface area contributed by atoms with Crippen molar-refractivity contribution in [3.05, 3.63) is 29.8 Å². The van der Waals surface area contributed by atoms with Gasteiger partial charge in [0.2, 0.25) is 0 Å². The van der Waals surface area contributed by atoms with E-state index in [1.54, 1.807) is 0 Å². The van der Waals surface area contributed by atoms with E-state index in [2.05, 4.69) is 6.07 Å². The molecule has 58 valence electrons. The lowest BCUT2D eigenvalue weighted by atomic mass is 10.1. The zero-order valence-electron chi connectivity index (χ0n) is 6.25. The molecule has 1 aromatic carbocycles. The lowest BCUT2D eigenvalue weighted by molar-refractivity contribution is 0.674. The van der Waals surface area contributed by atoms with Crippen LogP contribution >= 0.6 is 0 Å². The number of hydrogen-bond donors (Lipinski definition) is 0. The standard InChI is InChI=1S/C9H10OS/c10-11-7-3-5-8-4-1-2-6-9(8)11/h1-2,4,6H,3,5,7H2. The molecule has 1 aliphatic heterocycles. The second-order valence-electron chi connectivity index (χ2n) is 2.76. The van der Waals surface area contributed by atoms with Crippen molar-refractivity contribution in [2.24, 2.45) is 0 Å². The monoisotopic (exact) mass is 166 g/mol. The molecule has 0 radical (unpaired) electrons. The lowest BCUT2D eigenvalue weighted by Gasteiger charge is -2.13. The molecule has 0 saturated carbocycles. The SMILES string of the molecule is O=S1CCCc2ccccc21. The van der Waals surface area contributed by atoms with Crippen molar-refractivity contribution in [3.63, 3.8) is 0 Å². The largest absolute Gasteiger partial charge is 0.254 e. The van der Waals surface area contributed by atoms with E-state index in [1.165, 1.54) is 5.56 Å². The van der Waals surface area contributed by atoms with Gasteiger partial charge in [0.05, 0.1) is 10.8 Å². The summed E-state index contributed by atoms with van der Waals surface area (Å²) in [7, 11) is -0.715. The Labute approximate surface area is 68.9 Å². The Morgan fingerprint density at radius 3 is 2.91 bits per heavy atom. The third-order valence-corrected chi connectivity index (χ3v) is 3.54. The van der Waals surface area contributed by atoms with Crippen LogP contribution in [-0.4, -0.2) is 9.96 Å². The molecule has 1 nitrogen and oxygen atoms in total. The van der Waals surface area contributed by atoms with Crippen molar-refractivity contribution in [1.82, 2.24) is 0 Å². The Morgan fingerprint density at radius 1 is 1.27 bits per heavy atom. The summed E-state index contributed by atoms with van der Waals surface area (Å²) in [4.78, 5) is 1.05. The normalized spacial score (nSPS) is 22.7. The number of hydrogen-bond acceptors (Lipinski definition) is 1. The van der Waals surface area contributed by atoms with Crippen molar-refractivity contribution in [2.45, 2.75) is 17.7 Å². The van der Waals surface area contributed by atoms with Gasteiger partial charge in [-0.15, -0.1) is 0 Å². The van der Waals surface area contributed by atoms with Crippen LogP contribution in [0.3, 0.4) is 0 Å². The average Bonchev–Trinajstić information content (AvgIpc) is 2.06. The van der Waals surface area contributed by atoms with Crippen LogP contribution in [0, 0.1) is 0 Å². The molecule has 0 saturated heterocycles. The Kier molecular flexibility index (Phi) is 1.78. The highest BCUT2D eigenvalue weighted by molar-refractivity contribution is 7.85. The van der Waals surface area contributed by atoms with Crippen LogP contribution in [0.5, 0.6) is 0 Å². The van der Waals surface area contributed by atoms with E-state index in [9.17, 15) is 4.21 Å². The first-order valence-corrected chi connectivity index (χ1v) is 5.16. The summed E-state index contributed by atoms with van der Waals surface area (Å²) in [5, 5.41) is 0. The Hall–Kier alpha value is -0.630. The minimum Gasteiger partial charge on any atom is -0.254 e. The van der Waals surface area contributed by atoms with Gasteiger partial charge in [0, 0.05) is 10.6 Å². The summed E-state index contributed by atoms with van der Waals surface area (Å²) >= 11 is 0. The summed E-state index contributed by atoms with van der Waals surface area (Å²) < 4.78 is 11.4. The van der Waals surface area contributed by atoms with E-state index in [0.29, 0.717) is 0 Å². The van der Waals surface area contributed by atoms with E-state index in [0.717, 1.165) is 23.5 Å². The molecule has 0 amide bonds. The number of rotatable bonds is 0. The quantitative estimate of drug-likeness (QED) is 0.573. The second kappa shape index (κ2) is 2.78. The van der Waals surface area contributed by atoms with E-state index >= 15 is 0 Å². The first-order valence-electron chi connectivity index (χ1n) is 3.84. The van der Waals surface area contributed by atoms with Gasteiger partial charge in [-0.25, -0.2) is 0 Å². The minimum atomic E-state index is -0.715. The van der Waals surface area contributed by atoms with Crippen LogP contribution in [-0.2, 0) is 17.2 Å². The van der Waals surface area contributed by atoms with Gasteiger partial charge in [0.15, 0.2) is 0 Å². The van der Waals surface area contributed by atoms with Crippen LogP contribution in [0.2, 0.25) is 0 Å². The molecule has 0 N–H and O–H groups in total. The van der Waals surface area contributed by atoms with Crippen molar-refractivity contribution >= 4 is 10.8 Å². The van der Waals surface area contributed by atoms with Gasteiger partial charge >= 0.3 is 0 Å². The summed E-state index contributed by atoms with van der Waals surface area (Å²) in [6, 6.07) is 8.03. The summed E-state index contributed by atoms with van der Waals surface area (Å²) in [5.41, 5.74) is 1.28. The molecule has 1 unspecified atom stereocenters. The molecule has 0 spiro atoms. The zero-order valence-corrected chi connectivity index (χ0v) is 7.06. The smallest absolute Gasteiger partial charge is 0.0532 e. The highest BCUT2D eigenvalue weighted by Gasteiger charge is 2.13. The first kappa shape index (κ1) is 7.04. The number of aryl methyl sites for hydroxylation is 1. The molecule has 1 aliphatic rings. The van der Waals surface area contributed by atoms with E-state index in [-0.39, 0.29) is 0 Å². The Balaban J connectivity index is 2.52. The molecule has 1 aromatic rings. The summed E-state index contributed by atoms with van der Waals surface area (Å²) in [6.07, 6.45) is 2.17. The summed E-state index contributed by atoms with van der Waals surface area (Å²) in [6.45, 7) is 0. The predicted octanol–water partition coefficient (Wildman–Crippen LogP) is 1.74. The maximum absolute atomic E-state index is 11.4. The molecule has 0 aromatic heterocycles. The van der Waals surface area contributed by atoms with Crippen LogP contribution in [0.25, 0.3) is 0 Å². The van der Waals surface area contributed by atoms with Crippen molar-refractivity contribution in [2.75, 3.05) is 5.75 Å². The number of benzene rings is 1. The zero-order chi connectivity index (χ0) is 7.68. The average molecular weight is 166 g/mol. The van der Waals surface area contributed by atoms with Gasteiger partial charge < -0.3 is 0 Å². The Bertz CT molecular complexity index is 293. The van der Waals surface area contributed by atoms with Crippen molar-refractivity contribution < 1.29 is 4.21 Å². The Morgan fingerprint density at radius 2 is 2.09 bits per heavy atom. The van der Waals surface area contributed by atoms with E-state index in [4.69, 9.17) is 0 Å². The fourth-order valence-corrected chi connectivity index (χ4v) is 2.76. The maximum atomic E-state index is 11.4. The highest BCUT2D eigenvalue weighted by Crippen LogP contribution is 2.20. The number of fused-ring (bicyclic) bond motifs is 1. The molecular weight excluding hydrogens is 156 g/mol. The first-order chi connectivity index (χ1) is 5.38. The second-order valence-corrected chi connectivity index (χ2v) is 4.30. The topological polar surface area (TPSA) is 17.1 Å². The highest BCUT2D eigenvalue weighted by atomic mass is 32.2. The molecule has 2 rings (SSSR count). The fraction of sp³-hybridized carbons (Fsp3) is 0.333. The maximum Gasteiger partial charge on any atom is 0.0532 e. The predicted molar refractivity (Wildman–Crippen MR) is 46.0 cm³/mol. The van der Waals surface area contributed by atoms with Crippen molar-refractivity contribution in [3.8, 4) is 0 Å². The third-order valence-electron chi connectivity index (χ3n) is 1.99. The molecule has 2 heteroatoms. The van der Waals surface area contributed by atoms with Gasteiger partial charge in [-0.1, -0.05) is 18.2 Å².